The summed E-state index contributed by atoms with van der Waals surface area (Å²) in [5, 5.41) is 0. The second-order valence-corrected chi connectivity index (χ2v) is 6.22. The topological polar surface area (TPSA) is 35.5 Å². The molecule has 122 valence electrons. The van der Waals surface area contributed by atoms with Gasteiger partial charge in [0, 0.05) is 0 Å². The standard InChI is InChI=1S/C20H24O3/c1-20(2,19(21)22-3)14-7-15-23-18-12-10-17(11-13-18)16-8-5-4-6-9-16/h4-6,8-13H,7,14-15H2,1-3H3. The molecule has 0 unspecified atom stereocenters. The zero-order valence-corrected chi connectivity index (χ0v) is 14.0. The number of carbonyl (C=O) groups excluding carboxylic acids is 1. The van der Waals surface area contributed by atoms with Crippen LogP contribution in [0.3, 0.4) is 0 Å². The van der Waals surface area contributed by atoms with Gasteiger partial charge in [0.1, 0.15) is 5.75 Å². The summed E-state index contributed by atoms with van der Waals surface area (Å²) in [7, 11) is 1.43. The van der Waals surface area contributed by atoms with E-state index in [0.717, 1.165) is 18.6 Å². The summed E-state index contributed by atoms with van der Waals surface area (Å²) in [5.74, 6) is 0.672. The number of ether oxygens (including phenoxy) is 2. The maximum atomic E-state index is 11.6. The maximum Gasteiger partial charge on any atom is 0.311 e. The Kier molecular flexibility index (Phi) is 5.80. The van der Waals surface area contributed by atoms with Crippen molar-refractivity contribution in [2.45, 2.75) is 26.7 Å². The van der Waals surface area contributed by atoms with Crippen molar-refractivity contribution in [2.24, 2.45) is 5.41 Å². The second-order valence-electron chi connectivity index (χ2n) is 6.22. The predicted molar refractivity (Wildman–Crippen MR) is 92.4 cm³/mol. The van der Waals surface area contributed by atoms with Crippen molar-refractivity contribution in [3.05, 3.63) is 54.6 Å². The molecule has 2 aromatic carbocycles. The van der Waals surface area contributed by atoms with Crippen LogP contribution in [0.25, 0.3) is 11.1 Å². The van der Waals surface area contributed by atoms with Crippen LogP contribution in [0.5, 0.6) is 5.75 Å². The van der Waals surface area contributed by atoms with Gasteiger partial charge < -0.3 is 9.47 Å². The molecule has 23 heavy (non-hydrogen) atoms. The molecular formula is C20H24O3. The lowest BCUT2D eigenvalue weighted by molar-refractivity contribution is -0.151. The lowest BCUT2D eigenvalue weighted by atomic mass is 9.88. The first-order valence-electron chi connectivity index (χ1n) is 7.89. The van der Waals surface area contributed by atoms with Gasteiger partial charge in [0.25, 0.3) is 0 Å². The molecule has 3 heteroatoms. The number of benzene rings is 2. The molecule has 2 aromatic rings. The van der Waals surface area contributed by atoms with Crippen molar-refractivity contribution < 1.29 is 14.3 Å². The molecule has 0 aromatic heterocycles. The van der Waals surface area contributed by atoms with E-state index < -0.39 is 5.41 Å². The van der Waals surface area contributed by atoms with E-state index >= 15 is 0 Å². The number of hydrogen-bond acceptors (Lipinski definition) is 3. The Labute approximate surface area is 138 Å². The van der Waals surface area contributed by atoms with E-state index in [1.54, 1.807) is 0 Å². The lowest BCUT2D eigenvalue weighted by Gasteiger charge is -2.21. The fourth-order valence-corrected chi connectivity index (χ4v) is 2.46. The van der Waals surface area contributed by atoms with E-state index in [2.05, 4.69) is 24.3 Å². The first-order chi connectivity index (χ1) is 11.0. The average molecular weight is 312 g/mol. The van der Waals surface area contributed by atoms with E-state index in [4.69, 9.17) is 9.47 Å². The van der Waals surface area contributed by atoms with Gasteiger partial charge in [-0.15, -0.1) is 0 Å². The normalized spacial score (nSPS) is 11.1. The third kappa shape index (κ3) is 4.85. The minimum Gasteiger partial charge on any atom is -0.494 e. The summed E-state index contributed by atoms with van der Waals surface area (Å²) in [6.07, 6.45) is 1.55. The fourth-order valence-electron chi connectivity index (χ4n) is 2.46. The molecule has 3 nitrogen and oxygen atoms in total. The van der Waals surface area contributed by atoms with Gasteiger partial charge in [-0.05, 0) is 49.9 Å². The van der Waals surface area contributed by atoms with E-state index in [-0.39, 0.29) is 5.97 Å². The van der Waals surface area contributed by atoms with Crippen molar-refractivity contribution in [3.63, 3.8) is 0 Å². The van der Waals surface area contributed by atoms with Gasteiger partial charge in [0.2, 0.25) is 0 Å². The lowest BCUT2D eigenvalue weighted by Crippen LogP contribution is -2.26. The summed E-state index contributed by atoms with van der Waals surface area (Å²) in [6, 6.07) is 18.3. The first kappa shape index (κ1) is 17.1. The van der Waals surface area contributed by atoms with Crippen molar-refractivity contribution >= 4 is 5.97 Å². The summed E-state index contributed by atoms with van der Waals surface area (Å²) in [4.78, 5) is 11.6. The molecule has 2 rings (SSSR count). The van der Waals surface area contributed by atoms with Crippen LogP contribution >= 0.6 is 0 Å². The average Bonchev–Trinajstić information content (AvgIpc) is 2.59. The molecule has 0 heterocycles. The van der Waals surface area contributed by atoms with E-state index in [0.29, 0.717) is 6.61 Å². The first-order valence-corrected chi connectivity index (χ1v) is 7.89. The molecule has 0 N–H and O–H groups in total. The van der Waals surface area contributed by atoms with Crippen LogP contribution in [0.2, 0.25) is 0 Å². The summed E-state index contributed by atoms with van der Waals surface area (Å²) >= 11 is 0. The van der Waals surface area contributed by atoms with Crippen molar-refractivity contribution in [1.82, 2.24) is 0 Å². The van der Waals surface area contributed by atoms with Gasteiger partial charge in [-0.3, -0.25) is 4.79 Å². The predicted octanol–water partition coefficient (Wildman–Crippen LogP) is 4.71. The van der Waals surface area contributed by atoms with Gasteiger partial charge in [-0.1, -0.05) is 42.5 Å². The smallest absolute Gasteiger partial charge is 0.311 e. The molecule has 0 aliphatic rings. The third-order valence-electron chi connectivity index (χ3n) is 3.91. The Morgan fingerprint density at radius 2 is 1.57 bits per heavy atom. The third-order valence-corrected chi connectivity index (χ3v) is 3.91. The minimum atomic E-state index is -0.463. The van der Waals surface area contributed by atoms with Gasteiger partial charge in [0.05, 0.1) is 19.1 Å². The molecule has 0 aliphatic heterocycles. The van der Waals surface area contributed by atoms with Crippen LogP contribution < -0.4 is 4.74 Å². The van der Waals surface area contributed by atoms with Gasteiger partial charge in [-0.2, -0.15) is 0 Å². The highest BCUT2D eigenvalue weighted by Crippen LogP contribution is 2.25. The van der Waals surface area contributed by atoms with Crippen LogP contribution in [0.15, 0.2) is 54.6 Å². The van der Waals surface area contributed by atoms with Gasteiger partial charge >= 0.3 is 5.97 Å². The summed E-state index contributed by atoms with van der Waals surface area (Å²) in [5.41, 5.74) is 1.90. The van der Waals surface area contributed by atoms with Crippen molar-refractivity contribution in [2.75, 3.05) is 13.7 Å². The molecule has 0 bridgehead atoms. The largest absolute Gasteiger partial charge is 0.494 e. The highest BCUT2D eigenvalue weighted by Gasteiger charge is 2.27. The Balaban J connectivity index is 1.82. The van der Waals surface area contributed by atoms with Crippen LogP contribution in [0, 0.1) is 5.41 Å². The molecule has 0 atom stereocenters. The highest BCUT2D eigenvalue weighted by atomic mass is 16.5. The quantitative estimate of drug-likeness (QED) is 0.548. The Bertz CT molecular complexity index is 615. The molecule has 0 aliphatic carbocycles. The highest BCUT2D eigenvalue weighted by molar-refractivity contribution is 5.75. The number of rotatable bonds is 7. The van der Waals surface area contributed by atoms with Crippen molar-refractivity contribution in [3.8, 4) is 16.9 Å². The molecule has 0 amide bonds. The van der Waals surface area contributed by atoms with Crippen LogP contribution in [0.4, 0.5) is 0 Å². The molecular weight excluding hydrogens is 288 g/mol. The van der Waals surface area contributed by atoms with Gasteiger partial charge in [0.15, 0.2) is 0 Å². The summed E-state index contributed by atoms with van der Waals surface area (Å²) in [6.45, 7) is 4.38. The molecule has 0 saturated carbocycles. The van der Waals surface area contributed by atoms with E-state index in [1.807, 2.05) is 44.2 Å². The van der Waals surface area contributed by atoms with E-state index in [1.165, 1.54) is 18.2 Å². The molecule has 0 spiro atoms. The van der Waals surface area contributed by atoms with Crippen LogP contribution in [-0.4, -0.2) is 19.7 Å². The number of methoxy groups -OCH3 is 1. The van der Waals surface area contributed by atoms with E-state index in [9.17, 15) is 4.79 Å². The second kappa shape index (κ2) is 7.82. The molecule has 0 fully saturated rings. The zero-order chi connectivity index (χ0) is 16.7. The Morgan fingerprint density at radius 3 is 2.17 bits per heavy atom. The zero-order valence-electron chi connectivity index (χ0n) is 14.0. The fraction of sp³-hybridized carbons (Fsp3) is 0.350. The Morgan fingerprint density at radius 1 is 0.957 bits per heavy atom. The molecule has 0 saturated heterocycles. The number of esters is 1. The Hall–Kier alpha value is -2.29. The van der Waals surface area contributed by atoms with Crippen LogP contribution in [0.1, 0.15) is 26.7 Å². The SMILES string of the molecule is COC(=O)C(C)(C)CCCOc1ccc(-c2ccccc2)cc1. The minimum absolute atomic E-state index is 0.176. The monoisotopic (exact) mass is 312 g/mol. The summed E-state index contributed by atoms with van der Waals surface area (Å²) < 4.78 is 10.6. The maximum absolute atomic E-state index is 11.6. The van der Waals surface area contributed by atoms with Gasteiger partial charge in [-0.25, -0.2) is 0 Å². The number of carbonyl (C=O) groups is 1. The van der Waals surface area contributed by atoms with Crippen molar-refractivity contribution in [1.29, 1.82) is 0 Å². The number of hydrogen-bond donors (Lipinski definition) is 0. The van der Waals surface area contributed by atoms with Crippen LogP contribution in [-0.2, 0) is 9.53 Å². The molecule has 0 radical (unpaired) electrons.